The van der Waals surface area contributed by atoms with Gasteiger partial charge in [-0.2, -0.15) is 13.2 Å². The van der Waals surface area contributed by atoms with Crippen molar-refractivity contribution in [1.82, 2.24) is 5.32 Å². The summed E-state index contributed by atoms with van der Waals surface area (Å²) < 4.78 is 54.2. The van der Waals surface area contributed by atoms with Crippen LogP contribution in [0, 0.1) is 5.82 Å². The lowest BCUT2D eigenvalue weighted by atomic mass is 10.2. The van der Waals surface area contributed by atoms with Gasteiger partial charge in [0.2, 0.25) is 0 Å². The van der Waals surface area contributed by atoms with Crippen molar-refractivity contribution in [2.24, 2.45) is 0 Å². The Balaban J connectivity index is 2.38. The van der Waals surface area contributed by atoms with Crippen LogP contribution in [0.25, 0.3) is 0 Å². The maximum Gasteiger partial charge on any atom is 0.414 e. The zero-order chi connectivity index (χ0) is 16.0. The van der Waals surface area contributed by atoms with Crippen LogP contribution in [0.2, 0.25) is 0 Å². The Morgan fingerprint density at radius 2 is 2.10 bits per heavy atom. The summed E-state index contributed by atoms with van der Waals surface area (Å²) in [5.41, 5.74) is 0. The average molecular weight is 309 g/mol. The van der Waals surface area contributed by atoms with E-state index < -0.39 is 36.5 Å². The van der Waals surface area contributed by atoms with Crippen molar-refractivity contribution in [2.75, 3.05) is 6.54 Å². The van der Waals surface area contributed by atoms with E-state index >= 15 is 0 Å². The second-order valence-electron chi connectivity index (χ2n) is 4.35. The van der Waals surface area contributed by atoms with Gasteiger partial charge in [-0.05, 0) is 25.5 Å². The lowest BCUT2D eigenvalue weighted by Crippen LogP contribution is -2.39. The summed E-state index contributed by atoms with van der Waals surface area (Å²) in [6, 6.07) is 5.13. The van der Waals surface area contributed by atoms with E-state index in [1.165, 1.54) is 25.1 Å². The van der Waals surface area contributed by atoms with Crippen LogP contribution < -0.4 is 10.1 Å². The minimum Gasteiger partial charge on any atom is -0.481 e. The third kappa shape index (κ3) is 5.99. The largest absolute Gasteiger partial charge is 0.481 e. The highest BCUT2D eigenvalue weighted by atomic mass is 19.4. The van der Waals surface area contributed by atoms with Crippen LogP contribution in [0.5, 0.6) is 5.75 Å². The normalized spacial score (nSPS) is 14.4. The van der Waals surface area contributed by atoms with Gasteiger partial charge >= 0.3 is 6.18 Å². The first-order valence-electron chi connectivity index (χ1n) is 6.15. The van der Waals surface area contributed by atoms with Crippen molar-refractivity contribution in [3.63, 3.8) is 0 Å². The molecule has 2 N–H and O–H groups in total. The molecule has 1 aromatic rings. The number of hydrogen-bond acceptors (Lipinski definition) is 3. The van der Waals surface area contributed by atoms with Crippen molar-refractivity contribution < 1.29 is 32.2 Å². The van der Waals surface area contributed by atoms with Crippen LogP contribution in [0.4, 0.5) is 17.6 Å². The Bertz CT molecular complexity index is 479. The smallest absolute Gasteiger partial charge is 0.414 e. The summed E-state index contributed by atoms with van der Waals surface area (Å²) in [6.45, 7) is 1.02. The minimum absolute atomic E-state index is 0.132. The molecule has 1 rings (SSSR count). The van der Waals surface area contributed by atoms with Crippen LogP contribution in [0.3, 0.4) is 0 Å². The van der Waals surface area contributed by atoms with Gasteiger partial charge in [-0.15, -0.1) is 0 Å². The van der Waals surface area contributed by atoms with Crippen LogP contribution in [0.1, 0.15) is 13.3 Å². The molecule has 2 unspecified atom stereocenters. The number of nitrogens with one attached hydrogen (secondary N) is 1. The molecule has 0 heterocycles. The summed E-state index contributed by atoms with van der Waals surface area (Å²) in [6.07, 6.45) is -8.86. The molecule has 0 fully saturated rings. The van der Waals surface area contributed by atoms with Gasteiger partial charge in [-0.1, -0.05) is 6.07 Å². The molecule has 0 saturated carbocycles. The number of amides is 1. The zero-order valence-corrected chi connectivity index (χ0v) is 11.2. The molecule has 118 valence electrons. The number of ether oxygens (including phenoxy) is 1. The van der Waals surface area contributed by atoms with Gasteiger partial charge in [0, 0.05) is 12.6 Å². The molecule has 21 heavy (non-hydrogen) atoms. The molecule has 0 aliphatic rings. The van der Waals surface area contributed by atoms with Crippen molar-refractivity contribution in [1.29, 1.82) is 0 Å². The average Bonchev–Trinajstić information content (AvgIpc) is 2.37. The predicted molar refractivity (Wildman–Crippen MR) is 66.2 cm³/mol. The Labute approximate surface area is 118 Å². The van der Waals surface area contributed by atoms with Crippen molar-refractivity contribution >= 4 is 5.91 Å². The summed E-state index contributed by atoms with van der Waals surface area (Å²) in [5, 5.41) is 11.0. The molecular formula is C13H15F4NO3. The first-order chi connectivity index (χ1) is 9.70. The highest BCUT2D eigenvalue weighted by Crippen LogP contribution is 2.21. The van der Waals surface area contributed by atoms with E-state index in [1.54, 1.807) is 0 Å². The van der Waals surface area contributed by atoms with Gasteiger partial charge in [-0.25, -0.2) is 4.39 Å². The highest BCUT2D eigenvalue weighted by molar-refractivity contribution is 5.80. The lowest BCUT2D eigenvalue weighted by Gasteiger charge is -2.17. The van der Waals surface area contributed by atoms with Gasteiger partial charge in [0.25, 0.3) is 5.91 Å². The van der Waals surface area contributed by atoms with E-state index in [1.807, 2.05) is 0 Å². The van der Waals surface area contributed by atoms with Gasteiger partial charge in [0.05, 0.1) is 0 Å². The zero-order valence-electron chi connectivity index (χ0n) is 11.2. The van der Waals surface area contributed by atoms with E-state index in [-0.39, 0.29) is 12.3 Å². The maximum atomic E-state index is 12.9. The number of benzene rings is 1. The Morgan fingerprint density at radius 3 is 2.67 bits per heavy atom. The number of hydrogen-bond donors (Lipinski definition) is 2. The molecule has 0 aromatic heterocycles. The molecule has 0 saturated heterocycles. The highest BCUT2D eigenvalue weighted by Gasteiger charge is 2.37. The van der Waals surface area contributed by atoms with Crippen molar-refractivity contribution in [3.8, 4) is 5.75 Å². The summed E-state index contributed by atoms with van der Waals surface area (Å²) >= 11 is 0. The number of halogens is 4. The molecule has 4 nitrogen and oxygen atoms in total. The summed E-state index contributed by atoms with van der Waals surface area (Å²) in [4.78, 5) is 11.6. The standard InChI is InChI=1S/C13H15F4NO3/c1-8(21-10-4-2-3-9(14)7-10)12(20)18-6-5-11(19)13(15,16)17/h2-4,7-8,11,19H,5-6H2,1H3,(H,18,20). The number of rotatable bonds is 6. The lowest BCUT2D eigenvalue weighted by molar-refractivity contribution is -0.205. The number of alkyl halides is 3. The van der Waals surface area contributed by atoms with E-state index in [4.69, 9.17) is 9.84 Å². The molecule has 0 aliphatic carbocycles. The monoisotopic (exact) mass is 309 g/mol. The number of aliphatic hydroxyl groups excluding tert-OH is 1. The molecule has 1 amide bonds. The molecular weight excluding hydrogens is 294 g/mol. The molecule has 0 radical (unpaired) electrons. The van der Waals surface area contributed by atoms with Gasteiger partial charge in [0.1, 0.15) is 11.6 Å². The van der Waals surface area contributed by atoms with Crippen molar-refractivity contribution in [3.05, 3.63) is 30.1 Å². The van der Waals surface area contributed by atoms with E-state index in [0.717, 1.165) is 6.07 Å². The van der Waals surface area contributed by atoms with Crippen LogP contribution in [-0.2, 0) is 4.79 Å². The molecule has 1 aromatic carbocycles. The van der Waals surface area contributed by atoms with Crippen LogP contribution in [0.15, 0.2) is 24.3 Å². The Kier molecular flexibility index (Phi) is 5.95. The van der Waals surface area contributed by atoms with Crippen molar-refractivity contribution in [2.45, 2.75) is 31.7 Å². The minimum atomic E-state index is -4.71. The van der Waals surface area contributed by atoms with E-state index in [2.05, 4.69) is 5.32 Å². The summed E-state index contributed by atoms with van der Waals surface area (Å²) in [5.74, 6) is -1.06. The third-order valence-corrected chi connectivity index (χ3v) is 2.57. The fourth-order valence-electron chi connectivity index (χ4n) is 1.44. The van der Waals surface area contributed by atoms with Gasteiger partial charge < -0.3 is 15.2 Å². The fraction of sp³-hybridized carbons (Fsp3) is 0.462. The number of aliphatic hydroxyl groups is 1. The van der Waals surface area contributed by atoms with Crippen LogP contribution >= 0.6 is 0 Å². The van der Waals surface area contributed by atoms with E-state index in [9.17, 15) is 22.4 Å². The topological polar surface area (TPSA) is 58.6 Å². The maximum absolute atomic E-state index is 12.9. The molecule has 0 spiro atoms. The van der Waals surface area contributed by atoms with Gasteiger partial charge in [0.15, 0.2) is 12.2 Å². The second-order valence-corrected chi connectivity index (χ2v) is 4.35. The fourth-order valence-corrected chi connectivity index (χ4v) is 1.44. The SMILES string of the molecule is CC(Oc1cccc(F)c1)C(=O)NCCC(O)C(F)(F)F. The Morgan fingerprint density at radius 1 is 1.43 bits per heavy atom. The number of carbonyl (C=O) groups is 1. The molecule has 8 heteroatoms. The Hall–Kier alpha value is -1.83. The third-order valence-electron chi connectivity index (χ3n) is 2.57. The first kappa shape index (κ1) is 17.2. The molecule has 0 bridgehead atoms. The van der Waals surface area contributed by atoms with Crippen LogP contribution in [-0.4, -0.2) is 35.9 Å². The predicted octanol–water partition coefficient (Wildman–Crippen LogP) is 2.02. The summed E-state index contributed by atoms with van der Waals surface area (Å²) in [7, 11) is 0. The molecule has 0 aliphatic heterocycles. The molecule has 2 atom stereocenters. The quantitative estimate of drug-likeness (QED) is 0.791. The first-order valence-corrected chi connectivity index (χ1v) is 6.15. The second kappa shape index (κ2) is 7.26. The van der Waals surface area contributed by atoms with Gasteiger partial charge in [-0.3, -0.25) is 4.79 Å². The number of carbonyl (C=O) groups excluding carboxylic acids is 1. The van der Waals surface area contributed by atoms with E-state index in [0.29, 0.717) is 0 Å².